The van der Waals surface area contributed by atoms with E-state index in [1.807, 2.05) is 36.4 Å². The molecule has 1 unspecified atom stereocenters. The van der Waals surface area contributed by atoms with Crippen molar-refractivity contribution in [1.82, 2.24) is 4.90 Å². The van der Waals surface area contributed by atoms with Gasteiger partial charge in [-0.2, -0.15) is 0 Å². The fraction of sp³-hybridized carbons (Fsp3) is 0.290. The monoisotopic (exact) mass is 517 g/mol. The van der Waals surface area contributed by atoms with Crippen molar-refractivity contribution in [2.24, 2.45) is 0 Å². The van der Waals surface area contributed by atoms with Crippen LogP contribution in [0.4, 0.5) is 4.39 Å². The number of benzene rings is 3. The Bertz CT molecular complexity index is 1370. The number of carbonyl (C=O) groups excluding carboxylic acids is 2. The smallest absolute Gasteiger partial charge is 0.295 e. The van der Waals surface area contributed by atoms with Crippen LogP contribution in [0.2, 0.25) is 0 Å². The lowest BCUT2D eigenvalue weighted by Gasteiger charge is -2.26. The van der Waals surface area contributed by atoms with Crippen molar-refractivity contribution in [1.29, 1.82) is 0 Å². The minimum atomic E-state index is -0.797. The predicted molar refractivity (Wildman–Crippen MR) is 144 cm³/mol. The molecule has 1 aliphatic rings. The third kappa shape index (κ3) is 5.28. The third-order valence-corrected chi connectivity index (χ3v) is 6.84. The second-order valence-electron chi connectivity index (χ2n) is 10.3. The Hall–Kier alpha value is -4.13. The van der Waals surface area contributed by atoms with Crippen LogP contribution in [0.3, 0.4) is 0 Å². The summed E-state index contributed by atoms with van der Waals surface area (Å²) in [5.41, 5.74) is 2.86. The number of amides is 1. The molecule has 1 fully saturated rings. The van der Waals surface area contributed by atoms with Crippen LogP contribution in [-0.4, -0.2) is 42.5 Å². The molecule has 1 atom stereocenters. The summed E-state index contributed by atoms with van der Waals surface area (Å²) in [5.74, 6) is -1.11. The van der Waals surface area contributed by atoms with Gasteiger partial charge in [0.05, 0.1) is 25.8 Å². The van der Waals surface area contributed by atoms with Crippen LogP contribution in [0.1, 0.15) is 49.1 Å². The highest BCUT2D eigenvalue weighted by atomic mass is 19.1. The van der Waals surface area contributed by atoms with E-state index in [1.165, 1.54) is 29.2 Å². The number of ketones is 1. The number of rotatable bonds is 7. The summed E-state index contributed by atoms with van der Waals surface area (Å²) in [7, 11) is 3.11. The molecule has 6 nitrogen and oxygen atoms in total. The quantitative estimate of drug-likeness (QED) is 0.243. The second-order valence-corrected chi connectivity index (χ2v) is 10.3. The Morgan fingerprint density at radius 3 is 2.13 bits per heavy atom. The fourth-order valence-electron chi connectivity index (χ4n) is 4.67. The van der Waals surface area contributed by atoms with Gasteiger partial charge in [-0.15, -0.1) is 0 Å². The number of likely N-dealkylation sites (tertiary alicyclic amines) is 1. The van der Waals surface area contributed by atoms with Crippen molar-refractivity contribution in [3.8, 4) is 11.5 Å². The van der Waals surface area contributed by atoms with Gasteiger partial charge in [0, 0.05) is 12.1 Å². The van der Waals surface area contributed by atoms with Gasteiger partial charge in [0.15, 0.2) is 11.5 Å². The molecule has 198 valence electrons. The molecule has 1 heterocycles. The molecule has 0 radical (unpaired) electrons. The molecule has 1 amide bonds. The van der Waals surface area contributed by atoms with E-state index < -0.39 is 23.5 Å². The van der Waals surface area contributed by atoms with Gasteiger partial charge in [-0.1, -0.05) is 51.1 Å². The fourth-order valence-corrected chi connectivity index (χ4v) is 4.67. The van der Waals surface area contributed by atoms with Crippen LogP contribution in [0, 0.1) is 5.82 Å². The van der Waals surface area contributed by atoms with Crippen molar-refractivity contribution in [3.63, 3.8) is 0 Å². The lowest BCUT2D eigenvalue weighted by molar-refractivity contribution is -0.139. The van der Waals surface area contributed by atoms with E-state index in [1.54, 1.807) is 20.3 Å². The zero-order valence-electron chi connectivity index (χ0n) is 22.2. The topological polar surface area (TPSA) is 76.1 Å². The van der Waals surface area contributed by atoms with Gasteiger partial charge >= 0.3 is 0 Å². The summed E-state index contributed by atoms with van der Waals surface area (Å²) in [4.78, 5) is 28.1. The van der Waals surface area contributed by atoms with Crippen LogP contribution >= 0.6 is 0 Å². The van der Waals surface area contributed by atoms with Crippen molar-refractivity contribution >= 4 is 17.4 Å². The Labute approximate surface area is 222 Å². The summed E-state index contributed by atoms with van der Waals surface area (Å²) >= 11 is 0. The Morgan fingerprint density at radius 2 is 1.55 bits per heavy atom. The number of halogens is 1. The van der Waals surface area contributed by atoms with Gasteiger partial charge < -0.3 is 19.5 Å². The normalized spacial score (nSPS) is 17.1. The van der Waals surface area contributed by atoms with Crippen molar-refractivity contribution in [2.45, 2.75) is 38.6 Å². The number of ether oxygens (including phenoxy) is 2. The molecule has 7 heteroatoms. The van der Waals surface area contributed by atoms with E-state index in [0.29, 0.717) is 23.5 Å². The lowest BCUT2D eigenvalue weighted by Crippen LogP contribution is -2.31. The SMILES string of the molecule is COc1ccc(CCN2C(=O)C(=O)C(=C(O)c3ccc(F)cc3)C2c2ccc(C(C)(C)C)cc2)cc1OC. The van der Waals surface area contributed by atoms with Gasteiger partial charge in [0.1, 0.15) is 11.6 Å². The van der Waals surface area contributed by atoms with E-state index in [2.05, 4.69) is 20.8 Å². The highest BCUT2D eigenvalue weighted by Gasteiger charge is 2.45. The maximum absolute atomic E-state index is 13.5. The first-order valence-corrected chi connectivity index (χ1v) is 12.4. The number of methoxy groups -OCH3 is 2. The van der Waals surface area contributed by atoms with Gasteiger partial charge in [-0.25, -0.2) is 4.39 Å². The summed E-state index contributed by atoms with van der Waals surface area (Å²) < 4.78 is 24.2. The first-order chi connectivity index (χ1) is 18.0. The van der Waals surface area contributed by atoms with Crippen LogP contribution in [-0.2, 0) is 21.4 Å². The largest absolute Gasteiger partial charge is 0.507 e. The van der Waals surface area contributed by atoms with E-state index in [9.17, 15) is 19.1 Å². The summed E-state index contributed by atoms with van der Waals surface area (Å²) in [6, 6.07) is 17.6. The lowest BCUT2D eigenvalue weighted by atomic mass is 9.85. The molecule has 4 rings (SSSR count). The average Bonchev–Trinajstić information content (AvgIpc) is 3.16. The number of hydrogen-bond donors (Lipinski definition) is 1. The van der Waals surface area contributed by atoms with E-state index in [-0.39, 0.29) is 28.9 Å². The highest BCUT2D eigenvalue weighted by Crippen LogP contribution is 2.40. The Morgan fingerprint density at radius 1 is 0.921 bits per heavy atom. The zero-order valence-corrected chi connectivity index (χ0v) is 22.2. The number of nitrogens with zero attached hydrogens (tertiary/aromatic N) is 1. The molecular formula is C31H32FNO5. The molecule has 1 saturated heterocycles. The second kappa shape index (κ2) is 10.7. The maximum atomic E-state index is 13.5. The molecule has 38 heavy (non-hydrogen) atoms. The molecule has 0 spiro atoms. The maximum Gasteiger partial charge on any atom is 0.295 e. The van der Waals surface area contributed by atoms with Gasteiger partial charge in [-0.05, 0) is 64.9 Å². The zero-order chi connectivity index (χ0) is 27.6. The molecule has 0 saturated carbocycles. The number of aliphatic hydroxyl groups is 1. The van der Waals surface area contributed by atoms with E-state index in [4.69, 9.17) is 9.47 Å². The number of hydrogen-bond acceptors (Lipinski definition) is 5. The minimum Gasteiger partial charge on any atom is -0.507 e. The first kappa shape index (κ1) is 26.9. The predicted octanol–water partition coefficient (Wildman–Crippen LogP) is 5.80. The Balaban J connectivity index is 1.76. The van der Waals surface area contributed by atoms with Gasteiger partial charge in [0.25, 0.3) is 11.7 Å². The number of aliphatic hydroxyl groups excluding tert-OH is 1. The molecule has 0 aliphatic carbocycles. The van der Waals surface area contributed by atoms with Crippen molar-refractivity contribution in [2.75, 3.05) is 20.8 Å². The van der Waals surface area contributed by atoms with Crippen LogP contribution in [0.15, 0.2) is 72.3 Å². The van der Waals surface area contributed by atoms with Crippen molar-refractivity contribution in [3.05, 3.63) is 100 Å². The molecule has 1 N–H and O–H groups in total. The van der Waals surface area contributed by atoms with E-state index >= 15 is 0 Å². The molecule has 0 aromatic heterocycles. The highest BCUT2D eigenvalue weighted by molar-refractivity contribution is 6.46. The molecule has 3 aromatic rings. The average molecular weight is 518 g/mol. The summed E-state index contributed by atoms with van der Waals surface area (Å²) in [5, 5.41) is 11.2. The minimum absolute atomic E-state index is 0.0163. The molecule has 1 aliphatic heterocycles. The molecule has 3 aromatic carbocycles. The van der Waals surface area contributed by atoms with Crippen molar-refractivity contribution < 1.29 is 28.6 Å². The first-order valence-electron chi connectivity index (χ1n) is 12.4. The summed E-state index contributed by atoms with van der Waals surface area (Å²) in [6.45, 7) is 6.54. The summed E-state index contributed by atoms with van der Waals surface area (Å²) in [6.07, 6.45) is 0.445. The third-order valence-electron chi connectivity index (χ3n) is 6.84. The van der Waals surface area contributed by atoms with Gasteiger partial charge in [-0.3, -0.25) is 9.59 Å². The van der Waals surface area contributed by atoms with Crippen LogP contribution in [0.5, 0.6) is 11.5 Å². The molecular weight excluding hydrogens is 485 g/mol. The number of carbonyl (C=O) groups is 2. The van der Waals surface area contributed by atoms with Gasteiger partial charge in [0.2, 0.25) is 0 Å². The van der Waals surface area contributed by atoms with E-state index in [0.717, 1.165) is 11.1 Å². The van der Waals surface area contributed by atoms with Crippen LogP contribution < -0.4 is 9.47 Å². The number of Topliss-reactive ketones (excluding diaryl/α,β-unsaturated/α-hetero) is 1. The standard InChI is InChI=1S/C31H32FNO5/c1-31(2,3)22-11-7-20(8-12-22)27-26(28(34)21-9-13-23(32)14-10-21)29(35)30(36)33(27)17-16-19-6-15-24(37-4)25(18-19)38-5/h6-15,18,27,34H,16-17H2,1-5H3. The Kier molecular flexibility index (Phi) is 7.58. The molecule has 0 bridgehead atoms. The van der Waals surface area contributed by atoms with Crippen LogP contribution in [0.25, 0.3) is 5.76 Å².